The van der Waals surface area contributed by atoms with E-state index in [4.69, 9.17) is 0 Å². The molecule has 0 atom stereocenters. The molecule has 7 heteroatoms. The molecule has 0 bridgehead atoms. The molecule has 150 valence electrons. The van der Waals surface area contributed by atoms with Crippen LogP contribution in [0, 0.1) is 0 Å². The van der Waals surface area contributed by atoms with Gasteiger partial charge < -0.3 is 5.32 Å². The Morgan fingerprint density at radius 3 is 2.55 bits per heavy atom. The molecule has 4 aromatic rings. The second-order valence-electron chi connectivity index (χ2n) is 7.32. The number of fused-ring (bicyclic) bond motifs is 2. The highest BCUT2D eigenvalue weighted by Gasteiger charge is 2.19. The van der Waals surface area contributed by atoms with Crippen molar-refractivity contribution in [2.24, 2.45) is 14.1 Å². The fourth-order valence-corrected chi connectivity index (χ4v) is 3.71. The first kappa shape index (κ1) is 19.0. The number of benzene rings is 2. The average Bonchev–Trinajstić information content (AvgIpc) is 3.09. The average molecular weight is 391 g/mol. The fraction of sp³-hybridized carbons (Fsp3) is 0.318. The Morgan fingerprint density at radius 2 is 1.76 bits per heavy atom. The minimum absolute atomic E-state index is 0.334. The Morgan fingerprint density at radius 1 is 1.00 bits per heavy atom. The molecule has 2 heterocycles. The van der Waals surface area contributed by atoms with Crippen LogP contribution in [-0.2, 0) is 20.6 Å². The van der Waals surface area contributed by atoms with Gasteiger partial charge in [0.25, 0.3) is 5.56 Å². The van der Waals surface area contributed by atoms with Crippen molar-refractivity contribution < 1.29 is 0 Å². The number of nitrogens with one attached hydrogen (secondary N) is 1. The zero-order chi connectivity index (χ0) is 20.5. The standard InChI is InChI=1S/C22H25N5O2/c1-4-5-13-23-21-24-19-18(20(28)26(3)22(29)25(19)2)27(21)14-16-11-8-10-15-9-6-7-12-17(15)16/h6-12H,4-5,13-14H2,1-3H3,(H,23,24). The zero-order valence-corrected chi connectivity index (χ0v) is 17.0. The van der Waals surface area contributed by atoms with E-state index >= 15 is 0 Å². The molecule has 0 saturated carbocycles. The molecular weight excluding hydrogens is 366 g/mol. The fourth-order valence-electron chi connectivity index (χ4n) is 3.71. The molecule has 0 amide bonds. The number of hydrogen-bond acceptors (Lipinski definition) is 4. The van der Waals surface area contributed by atoms with Gasteiger partial charge in [0.2, 0.25) is 5.95 Å². The summed E-state index contributed by atoms with van der Waals surface area (Å²) in [6.07, 6.45) is 2.05. The second-order valence-corrected chi connectivity index (χ2v) is 7.32. The van der Waals surface area contributed by atoms with Crippen LogP contribution in [0.1, 0.15) is 25.3 Å². The van der Waals surface area contributed by atoms with Crippen LogP contribution in [0.25, 0.3) is 21.9 Å². The normalized spacial score (nSPS) is 11.4. The minimum Gasteiger partial charge on any atom is -0.356 e. The van der Waals surface area contributed by atoms with Crippen LogP contribution in [-0.4, -0.2) is 25.2 Å². The Bertz CT molecular complexity index is 1310. The van der Waals surface area contributed by atoms with E-state index in [9.17, 15) is 9.59 Å². The van der Waals surface area contributed by atoms with E-state index in [1.807, 2.05) is 22.8 Å². The molecule has 0 aliphatic carbocycles. The van der Waals surface area contributed by atoms with Crippen LogP contribution in [0.15, 0.2) is 52.1 Å². The molecule has 0 radical (unpaired) electrons. The van der Waals surface area contributed by atoms with E-state index < -0.39 is 0 Å². The predicted molar refractivity (Wildman–Crippen MR) is 117 cm³/mol. The highest BCUT2D eigenvalue weighted by molar-refractivity contribution is 5.86. The summed E-state index contributed by atoms with van der Waals surface area (Å²) in [5.41, 5.74) is 1.22. The van der Waals surface area contributed by atoms with Crippen molar-refractivity contribution in [2.45, 2.75) is 26.3 Å². The van der Waals surface area contributed by atoms with E-state index in [0.717, 1.165) is 40.3 Å². The lowest BCUT2D eigenvalue weighted by Crippen LogP contribution is -2.37. The van der Waals surface area contributed by atoms with Gasteiger partial charge in [0, 0.05) is 20.6 Å². The van der Waals surface area contributed by atoms with Gasteiger partial charge in [0.05, 0.1) is 6.54 Å². The highest BCUT2D eigenvalue weighted by atomic mass is 16.2. The summed E-state index contributed by atoms with van der Waals surface area (Å²) in [6.45, 7) is 3.36. The predicted octanol–water partition coefficient (Wildman–Crippen LogP) is 2.85. The zero-order valence-electron chi connectivity index (χ0n) is 17.0. The maximum atomic E-state index is 13.0. The van der Waals surface area contributed by atoms with Gasteiger partial charge in [0.15, 0.2) is 11.2 Å². The lowest BCUT2D eigenvalue weighted by atomic mass is 10.0. The Hall–Kier alpha value is -3.35. The molecule has 0 saturated heterocycles. The molecule has 7 nitrogen and oxygen atoms in total. The van der Waals surface area contributed by atoms with Crippen LogP contribution in [0.4, 0.5) is 5.95 Å². The second kappa shape index (κ2) is 7.58. The summed E-state index contributed by atoms with van der Waals surface area (Å²) in [7, 11) is 3.15. The van der Waals surface area contributed by atoms with Gasteiger partial charge in [-0.3, -0.25) is 18.5 Å². The van der Waals surface area contributed by atoms with Crippen LogP contribution >= 0.6 is 0 Å². The van der Waals surface area contributed by atoms with Crippen molar-refractivity contribution in [3.63, 3.8) is 0 Å². The first-order valence-corrected chi connectivity index (χ1v) is 9.89. The summed E-state index contributed by atoms with van der Waals surface area (Å²) in [6, 6.07) is 14.4. The summed E-state index contributed by atoms with van der Waals surface area (Å²) >= 11 is 0. The molecule has 2 aromatic heterocycles. The number of aromatic nitrogens is 4. The number of imidazole rings is 1. The third-order valence-corrected chi connectivity index (χ3v) is 5.37. The first-order chi connectivity index (χ1) is 14.0. The van der Waals surface area contributed by atoms with Gasteiger partial charge >= 0.3 is 5.69 Å². The molecule has 1 N–H and O–H groups in total. The van der Waals surface area contributed by atoms with Gasteiger partial charge in [-0.15, -0.1) is 0 Å². The molecule has 0 aliphatic heterocycles. The van der Waals surface area contributed by atoms with Crippen LogP contribution < -0.4 is 16.6 Å². The SMILES string of the molecule is CCCCNc1nc2c(c(=O)n(C)c(=O)n2C)n1Cc1cccc2ccccc12. The van der Waals surface area contributed by atoms with E-state index in [-0.39, 0.29) is 11.2 Å². The van der Waals surface area contributed by atoms with E-state index in [1.54, 1.807) is 7.05 Å². The van der Waals surface area contributed by atoms with E-state index in [2.05, 4.69) is 41.5 Å². The van der Waals surface area contributed by atoms with Crippen molar-refractivity contribution in [2.75, 3.05) is 11.9 Å². The number of anilines is 1. The quantitative estimate of drug-likeness (QED) is 0.513. The van der Waals surface area contributed by atoms with Crippen molar-refractivity contribution >= 4 is 27.9 Å². The van der Waals surface area contributed by atoms with Gasteiger partial charge in [-0.05, 0) is 22.8 Å². The largest absolute Gasteiger partial charge is 0.356 e. The minimum atomic E-state index is -0.377. The maximum Gasteiger partial charge on any atom is 0.332 e. The monoisotopic (exact) mass is 391 g/mol. The van der Waals surface area contributed by atoms with Crippen LogP contribution in [0.3, 0.4) is 0 Å². The maximum absolute atomic E-state index is 13.0. The smallest absolute Gasteiger partial charge is 0.332 e. The highest BCUT2D eigenvalue weighted by Crippen LogP contribution is 2.23. The number of unbranched alkanes of at least 4 members (excludes halogenated alkanes) is 1. The molecule has 0 aliphatic rings. The Labute approximate surface area is 168 Å². The van der Waals surface area contributed by atoms with Crippen molar-refractivity contribution in [1.82, 2.24) is 18.7 Å². The molecule has 29 heavy (non-hydrogen) atoms. The van der Waals surface area contributed by atoms with Crippen molar-refractivity contribution in [1.29, 1.82) is 0 Å². The lowest BCUT2D eigenvalue weighted by molar-refractivity contribution is 0.702. The molecule has 0 unspecified atom stereocenters. The molecular formula is C22H25N5O2. The molecule has 0 fully saturated rings. The van der Waals surface area contributed by atoms with Crippen LogP contribution in [0.2, 0.25) is 0 Å². The number of hydrogen-bond donors (Lipinski definition) is 1. The summed E-state index contributed by atoms with van der Waals surface area (Å²) < 4.78 is 4.47. The number of nitrogens with zero attached hydrogens (tertiary/aromatic N) is 4. The van der Waals surface area contributed by atoms with Gasteiger partial charge in [-0.25, -0.2) is 4.79 Å². The van der Waals surface area contributed by atoms with Gasteiger partial charge in [-0.1, -0.05) is 55.8 Å². The molecule has 0 spiro atoms. The van der Waals surface area contributed by atoms with Crippen LogP contribution in [0.5, 0.6) is 0 Å². The Kier molecular flexibility index (Phi) is 4.96. The third-order valence-electron chi connectivity index (χ3n) is 5.37. The molecule has 4 rings (SSSR count). The first-order valence-electron chi connectivity index (χ1n) is 9.89. The molecule has 2 aromatic carbocycles. The lowest BCUT2D eigenvalue weighted by Gasteiger charge is -2.13. The van der Waals surface area contributed by atoms with Crippen molar-refractivity contribution in [3.05, 3.63) is 68.9 Å². The number of rotatable bonds is 6. The summed E-state index contributed by atoms with van der Waals surface area (Å²) in [4.78, 5) is 30.0. The number of aryl methyl sites for hydroxylation is 1. The topological polar surface area (TPSA) is 73.8 Å². The van der Waals surface area contributed by atoms with Gasteiger partial charge in [-0.2, -0.15) is 4.98 Å². The van der Waals surface area contributed by atoms with E-state index in [1.165, 1.54) is 11.6 Å². The van der Waals surface area contributed by atoms with Gasteiger partial charge in [0.1, 0.15) is 0 Å². The summed E-state index contributed by atoms with van der Waals surface area (Å²) in [5, 5.41) is 5.64. The van der Waals surface area contributed by atoms with Crippen molar-refractivity contribution in [3.8, 4) is 0 Å². The Balaban J connectivity index is 1.94. The third kappa shape index (κ3) is 3.22. The van der Waals surface area contributed by atoms with E-state index in [0.29, 0.717) is 23.7 Å². The summed E-state index contributed by atoms with van der Waals surface area (Å²) in [5.74, 6) is 0.611.